The first-order valence-electron chi connectivity index (χ1n) is 5.93. The molecule has 0 amide bonds. The first kappa shape index (κ1) is 13.4. The minimum Gasteiger partial charge on any atom is -0.494 e. The Kier molecular flexibility index (Phi) is 4.41. The molecule has 0 spiro atoms. The summed E-state index contributed by atoms with van der Waals surface area (Å²) in [5.74, 6) is 1.62. The summed E-state index contributed by atoms with van der Waals surface area (Å²) >= 11 is 6.02. The number of hydrogen-bond acceptors (Lipinski definition) is 5. The highest BCUT2D eigenvalue weighted by molar-refractivity contribution is 6.35. The number of nitrogens with zero attached hydrogens (tertiary/aromatic N) is 2. The average Bonchev–Trinajstić information content (AvgIpc) is 2.42. The highest BCUT2D eigenvalue weighted by Crippen LogP contribution is 2.25. The molecule has 1 aromatic heterocycles. The van der Waals surface area contributed by atoms with Crippen molar-refractivity contribution in [1.82, 2.24) is 9.97 Å². The van der Waals surface area contributed by atoms with Crippen molar-refractivity contribution in [3.8, 4) is 5.75 Å². The molecular weight excluding hydrogens is 264 g/mol. The van der Waals surface area contributed by atoms with E-state index in [4.69, 9.17) is 22.1 Å². The fraction of sp³-hybridized carbons (Fsp3) is 0.231. The van der Waals surface area contributed by atoms with Crippen LogP contribution in [0.5, 0.6) is 5.75 Å². The van der Waals surface area contributed by atoms with Crippen LogP contribution < -0.4 is 15.8 Å². The number of nitrogens with one attached hydrogen (secondary N) is 1. The molecule has 0 bridgehead atoms. The van der Waals surface area contributed by atoms with Gasteiger partial charge in [0.1, 0.15) is 22.9 Å². The number of hydrogen-bond donors (Lipinski definition) is 2. The van der Waals surface area contributed by atoms with Gasteiger partial charge in [0.15, 0.2) is 5.82 Å². The fourth-order valence-corrected chi connectivity index (χ4v) is 1.80. The van der Waals surface area contributed by atoms with Gasteiger partial charge in [-0.25, -0.2) is 9.97 Å². The maximum atomic E-state index is 6.02. The molecule has 1 heterocycles. The molecule has 2 rings (SSSR count). The second kappa shape index (κ2) is 6.24. The molecule has 0 aliphatic carbocycles. The van der Waals surface area contributed by atoms with Gasteiger partial charge in [-0.1, -0.05) is 29.8 Å². The maximum Gasteiger partial charge on any atom is 0.150 e. The standard InChI is InChI=1S/C13H15ClN4O/c1-2-19-10-6-4-3-5-9(10)7-16-13-11(14)12(15)17-8-18-13/h3-6,8H,2,7H2,1H3,(H3,15,16,17,18). The Morgan fingerprint density at radius 3 is 2.89 bits per heavy atom. The SMILES string of the molecule is CCOc1ccccc1CNc1ncnc(N)c1Cl. The van der Waals surface area contributed by atoms with Crippen LogP contribution in [0.25, 0.3) is 0 Å². The molecule has 0 fully saturated rings. The third kappa shape index (κ3) is 3.26. The van der Waals surface area contributed by atoms with Crippen LogP contribution in [0.2, 0.25) is 5.02 Å². The van der Waals surface area contributed by atoms with E-state index < -0.39 is 0 Å². The van der Waals surface area contributed by atoms with Crippen molar-refractivity contribution in [2.75, 3.05) is 17.7 Å². The zero-order valence-electron chi connectivity index (χ0n) is 10.6. The first-order chi connectivity index (χ1) is 9.22. The predicted octanol–water partition coefficient (Wildman–Crippen LogP) is 2.72. The molecule has 0 aliphatic rings. The van der Waals surface area contributed by atoms with E-state index in [1.807, 2.05) is 31.2 Å². The second-order valence-corrected chi connectivity index (χ2v) is 4.19. The van der Waals surface area contributed by atoms with E-state index in [1.54, 1.807) is 0 Å². The lowest BCUT2D eigenvalue weighted by Gasteiger charge is -2.12. The highest BCUT2D eigenvalue weighted by Gasteiger charge is 2.07. The third-order valence-electron chi connectivity index (χ3n) is 2.54. The van der Waals surface area contributed by atoms with E-state index in [2.05, 4.69) is 15.3 Å². The van der Waals surface area contributed by atoms with E-state index in [-0.39, 0.29) is 5.82 Å². The lowest BCUT2D eigenvalue weighted by atomic mass is 10.2. The zero-order valence-corrected chi connectivity index (χ0v) is 11.3. The van der Waals surface area contributed by atoms with Crippen molar-refractivity contribution in [1.29, 1.82) is 0 Å². The monoisotopic (exact) mass is 278 g/mol. The van der Waals surface area contributed by atoms with Crippen molar-refractivity contribution in [2.24, 2.45) is 0 Å². The number of rotatable bonds is 5. The number of nitrogen functional groups attached to an aromatic ring is 1. The topological polar surface area (TPSA) is 73.1 Å². The van der Waals surface area contributed by atoms with Crippen LogP contribution in [0.1, 0.15) is 12.5 Å². The molecule has 0 unspecified atom stereocenters. The van der Waals surface area contributed by atoms with E-state index in [0.29, 0.717) is 24.0 Å². The van der Waals surface area contributed by atoms with Gasteiger partial charge >= 0.3 is 0 Å². The molecule has 0 saturated heterocycles. The molecule has 3 N–H and O–H groups in total. The number of para-hydroxylation sites is 1. The van der Waals surface area contributed by atoms with Crippen LogP contribution in [0.15, 0.2) is 30.6 Å². The predicted molar refractivity (Wildman–Crippen MR) is 76.4 cm³/mol. The summed E-state index contributed by atoms with van der Waals surface area (Å²) in [5, 5.41) is 3.46. The third-order valence-corrected chi connectivity index (χ3v) is 2.91. The number of benzene rings is 1. The molecule has 0 saturated carbocycles. The molecule has 5 nitrogen and oxygen atoms in total. The zero-order chi connectivity index (χ0) is 13.7. The van der Waals surface area contributed by atoms with Gasteiger partial charge < -0.3 is 15.8 Å². The van der Waals surface area contributed by atoms with E-state index >= 15 is 0 Å². The molecule has 1 aromatic carbocycles. The number of halogens is 1. The first-order valence-corrected chi connectivity index (χ1v) is 6.30. The summed E-state index contributed by atoms with van der Waals surface area (Å²) in [6.45, 7) is 3.12. The normalized spacial score (nSPS) is 10.2. The maximum absolute atomic E-state index is 6.02. The van der Waals surface area contributed by atoms with E-state index in [1.165, 1.54) is 6.33 Å². The van der Waals surface area contributed by atoms with Gasteiger partial charge in [-0.3, -0.25) is 0 Å². The molecular formula is C13H15ClN4O. The van der Waals surface area contributed by atoms with Gasteiger partial charge in [0.25, 0.3) is 0 Å². The Morgan fingerprint density at radius 2 is 2.11 bits per heavy atom. The lowest BCUT2D eigenvalue weighted by Crippen LogP contribution is -2.06. The van der Waals surface area contributed by atoms with Crippen molar-refractivity contribution in [2.45, 2.75) is 13.5 Å². The lowest BCUT2D eigenvalue weighted by molar-refractivity contribution is 0.337. The second-order valence-electron chi connectivity index (χ2n) is 3.82. The summed E-state index contributed by atoms with van der Waals surface area (Å²) in [4.78, 5) is 7.87. The number of nitrogens with two attached hydrogens (primary N) is 1. The molecule has 0 atom stereocenters. The van der Waals surface area contributed by atoms with Crippen LogP contribution in [-0.2, 0) is 6.54 Å². The minimum absolute atomic E-state index is 0.261. The van der Waals surface area contributed by atoms with Crippen molar-refractivity contribution < 1.29 is 4.74 Å². The Bertz CT molecular complexity index is 562. The molecule has 100 valence electrons. The van der Waals surface area contributed by atoms with Crippen molar-refractivity contribution >= 4 is 23.2 Å². The molecule has 6 heteroatoms. The molecule has 2 aromatic rings. The molecule has 0 aliphatic heterocycles. The summed E-state index contributed by atoms with van der Waals surface area (Å²) in [7, 11) is 0. The van der Waals surface area contributed by atoms with Gasteiger partial charge in [-0.15, -0.1) is 0 Å². The quantitative estimate of drug-likeness (QED) is 0.880. The summed E-state index contributed by atoms with van der Waals surface area (Å²) < 4.78 is 5.55. The van der Waals surface area contributed by atoms with Gasteiger partial charge in [0, 0.05) is 12.1 Å². The van der Waals surface area contributed by atoms with E-state index in [9.17, 15) is 0 Å². The Balaban J connectivity index is 2.12. The van der Waals surface area contributed by atoms with Crippen LogP contribution in [0.4, 0.5) is 11.6 Å². The van der Waals surface area contributed by atoms with Gasteiger partial charge in [0.2, 0.25) is 0 Å². The van der Waals surface area contributed by atoms with Gasteiger partial charge in [0.05, 0.1) is 6.61 Å². The number of ether oxygens (including phenoxy) is 1. The summed E-state index contributed by atoms with van der Waals surface area (Å²) in [5.41, 5.74) is 6.65. The van der Waals surface area contributed by atoms with Crippen LogP contribution in [-0.4, -0.2) is 16.6 Å². The Hall–Kier alpha value is -2.01. The van der Waals surface area contributed by atoms with Gasteiger partial charge in [-0.2, -0.15) is 0 Å². The van der Waals surface area contributed by atoms with Crippen LogP contribution in [0.3, 0.4) is 0 Å². The smallest absolute Gasteiger partial charge is 0.150 e. The average molecular weight is 279 g/mol. The number of anilines is 2. The molecule has 19 heavy (non-hydrogen) atoms. The van der Waals surface area contributed by atoms with Crippen LogP contribution >= 0.6 is 11.6 Å². The van der Waals surface area contributed by atoms with E-state index in [0.717, 1.165) is 11.3 Å². The minimum atomic E-state index is 0.261. The summed E-state index contributed by atoms with van der Waals surface area (Å²) in [6.07, 6.45) is 1.37. The number of aromatic nitrogens is 2. The Labute approximate surface area is 116 Å². The fourth-order valence-electron chi connectivity index (χ4n) is 1.63. The highest BCUT2D eigenvalue weighted by atomic mass is 35.5. The molecule has 0 radical (unpaired) electrons. The summed E-state index contributed by atoms with van der Waals surface area (Å²) in [6, 6.07) is 7.80. The van der Waals surface area contributed by atoms with Crippen LogP contribution in [0, 0.1) is 0 Å². The van der Waals surface area contributed by atoms with Crippen molar-refractivity contribution in [3.63, 3.8) is 0 Å². The van der Waals surface area contributed by atoms with Gasteiger partial charge in [-0.05, 0) is 13.0 Å². The largest absolute Gasteiger partial charge is 0.494 e. The Morgan fingerprint density at radius 1 is 1.32 bits per heavy atom. The van der Waals surface area contributed by atoms with Crippen molar-refractivity contribution in [3.05, 3.63) is 41.2 Å².